The van der Waals surface area contributed by atoms with E-state index in [0.717, 1.165) is 4.47 Å². The van der Waals surface area contributed by atoms with Gasteiger partial charge in [0.2, 0.25) is 0 Å². The first-order valence-electron chi connectivity index (χ1n) is 6.53. The zero-order chi connectivity index (χ0) is 15.5. The van der Waals surface area contributed by atoms with E-state index in [1.165, 1.54) is 0 Å². The Morgan fingerprint density at radius 2 is 2.00 bits per heavy atom. The molecule has 4 nitrogen and oxygen atoms in total. The molecule has 110 valence electrons. The van der Waals surface area contributed by atoms with Gasteiger partial charge in [-0.25, -0.2) is 0 Å². The Labute approximate surface area is 132 Å². The van der Waals surface area contributed by atoms with Crippen molar-refractivity contribution >= 4 is 21.6 Å². The van der Waals surface area contributed by atoms with Crippen LogP contribution in [0.5, 0.6) is 5.75 Å². The summed E-state index contributed by atoms with van der Waals surface area (Å²) < 4.78 is 0.842. The van der Waals surface area contributed by atoms with Crippen LogP contribution in [0.15, 0.2) is 52.2 Å². The Morgan fingerprint density at radius 3 is 2.62 bits per heavy atom. The molecule has 0 amide bonds. The number of benzene rings is 1. The standard InChI is InChI=1S/C16H17BrN2O2/c1-16(2,3)21-19-15(13-6-4-5-9-18-13)12-10-11(17)7-8-14(12)20/h4-10,20H,1-3H3/b19-15+. The molecule has 0 aliphatic rings. The molecule has 0 unspecified atom stereocenters. The van der Waals surface area contributed by atoms with Crippen LogP contribution in [0.2, 0.25) is 0 Å². The number of aromatic hydroxyl groups is 1. The maximum atomic E-state index is 10.1. The molecule has 0 saturated heterocycles. The van der Waals surface area contributed by atoms with Gasteiger partial charge in [0.25, 0.3) is 0 Å². The van der Waals surface area contributed by atoms with E-state index >= 15 is 0 Å². The van der Waals surface area contributed by atoms with Crippen molar-refractivity contribution in [3.63, 3.8) is 0 Å². The van der Waals surface area contributed by atoms with Crippen LogP contribution < -0.4 is 0 Å². The number of aromatic nitrogens is 1. The molecule has 1 heterocycles. The molecular formula is C16H17BrN2O2. The third kappa shape index (κ3) is 4.29. The fourth-order valence-corrected chi connectivity index (χ4v) is 1.98. The third-order valence-corrected chi connectivity index (χ3v) is 3.03. The van der Waals surface area contributed by atoms with Gasteiger partial charge in [-0.3, -0.25) is 4.98 Å². The monoisotopic (exact) mass is 348 g/mol. The fraction of sp³-hybridized carbons (Fsp3) is 0.250. The predicted molar refractivity (Wildman–Crippen MR) is 86.5 cm³/mol. The normalized spacial score (nSPS) is 12.3. The molecule has 0 aliphatic carbocycles. The van der Waals surface area contributed by atoms with Crippen molar-refractivity contribution in [1.82, 2.24) is 4.98 Å². The Balaban J connectivity index is 2.53. The lowest BCUT2D eigenvalue weighted by Crippen LogP contribution is -2.18. The number of oxime groups is 1. The van der Waals surface area contributed by atoms with E-state index in [1.54, 1.807) is 24.4 Å². The first kappa shape index (κ1) is 15.5. The second kappa shape index (κ2) is 6.26. The maximum Gasteiger partial charge on any atom is 0.139 e. The predicted octanol–water partition coefficient (Wildman–Crippen LogP) is 4.12. The lowest BCUT2D eigenvalue weighted by molar-refractivity contribution is 0.00111. The van der Waals surface area contributed by atoms with Crippen molar-refractivity contribution < 1.29 is 9.94 Å². The molecule has 21 heavy (non-hydrogen) atoms. The van der Waals surface area contributed by atoms with Crippen LogP contribution in [0.3, 0.4) is 0 Å². The van der Waals surface area contributed by atoms with Crippen LogP contribution in [0, 0.1) is 0 Å². The van der Waals surface area contributed by atoms with E-state index in [-0.39, 0.29) is 5.75 Å². The number of halogens is 1. The molecule has 1 aromatic carbocycles. The first-order valence-corrected chi connectivity index (χ1v) is 7.32. The number of phenolic OH excluding ortho intramolecular Hbond substituents is 1. The minimum atomic E-state index is -0.429. The highest BCUT2D eigenvalue weighted by Gasteiger charge is 2.17. The van der Waals surface area contributed by atoms with E-state index in [0.29, 0.717) is 17.0 Å². The van der Waals surface area contributed by atoms with Crippen LogP contribution in [0.25, 0.3) is 0 Å². The summed E-state index contributed by atoms with van der Waals surface area (Å²) in [5.74, 6) is 0.125. The third-order valence-electron chi connectivity index (χ3n) is 2.53. The summed E-state index contributed by atoms with van der Waals surface area (Å²) in [4.78, 5) is 9.81. The van der Waals surface area contributed by atoms with Gasteiger partial charge >= 0.3 is 0 Å². The van der Waals surface area contributed by atoms with Crippen molar-refractivity contribution in [3.8, 4) is 5.75 Å². The van der Waals surface area contributed by atoms with Crippen LogP contribution in [-0.4, -0.2) is 21.4 Å². The summed E-state index contributed by atoms with van der Waals surface area (Å²) in [5, 5.41) is 14.3. The first-order chi connectivity index (χ1) is 9.87. The number of hydrogen-bond donors (Lipinski definition) is 1. The lowest BCUT2D eigenvalue weighted by Gasteiger charge is -2.17. The largest absolute Gasteiger partial charge is 0.507 e. The number of rotatable bonds is 3. The van der Waals surface area contributed by atoms with Gasteiger partial charge in [-0.1, -0.05) is 27.2 Å². The van der Waals surface area contributed by atoms with Crippen LogP contribution >= 0.6 is 15.9 Å². The average Bonchev–Trinajstić information content (AvgIpc) is 2.43. The Morgan fingerprint density at radius 1 is 1.24 bits per heavy atom. The van der Waals surface area contributed by atoms with Gasteiger partial charge in [-0.2, -0.15) is 0 Å². The minimum absolute atomic E-state index is 0.125. The van der Waals surface area contributed by atoms with Crippen LogP contribution in [0.1, 0.15) is 32.0 Å². The second-order valence-corrected chi connectivity index (χ2v) is 6.44. The van der Waals surface area contributed by atoms with Gasteiger partial charge < -0.3 is 9.94 Å². The topological polar surface area (TPSA) is 54.7 Å². The van der Waals surface area contributed by atoms with Crippen molar-refractivity contribution in [3.05, 3.63) is 58.3 Å². The Bertz CT molecular complexity index is 649. The average molecular weight is 349 g/mol. The summed E-state index contributed by atoms with van der Waals surface area (Å²) >= 11 is 3.40. The fourth-order valence-electron chi connectivity index (χ4n) is 1.62. The minimum Gasteiger partial charge on any atom is -0.507 e. The summed E-state index contributed by atoms with van der Waals surface area (Å²) in [7, 11) is 0. The van der Waals surface area contributed by atoms with E-state index < -0.39 is 5.60 Å². The molecule has 5 heteroatoms. The molecule has 0 aliphatic heterocycles. The number of hydrogen-bond acceptors (Lipinski definition) is 4. The van der Waals surface area contributed by atoms with Crippen LogP contribution in [-0.2, 0) is 4.84 Å². The van der Waals surface area contributed by atoms with E-state index in [4.69, 9.17) is 4.84 Å². The second-order valence-electron chi connectivity index (χ2n) is 5.52. The smallest absolute Gasteiger partial charge is 0.139 e. The molecule has 0 saturated carbocycles. The van der Waals surface area contributed by atoms with Crippen molar-refractivity contribution in [2.45, 2.75) is 26.4 Å². The zero-order valence-electron chi connectivity index (χ0n) is 12.2. The molecular weight excluding hydrogens is 332 g/mol. The molecule has 1 aromatic heterocycles. The highest BCUT2D eigenvalue weighted by molar-refractivity contribution is 9.10. The molecule has 0 bridgehead atoms. The Hall–Kier alpha value is -1.88. The SMILES string of the molecule is CC(C)(C)O/N=C(/c1ccccn1)c1cc(Br)ccc1O. The summed E-state index contributed by atoms with van der Waals surface area (Å²) in [6.45, 7) is 5.73. The van der Waals surface area contributed by atoms with Gasteiger partial charge in [-0.05, 0) is 51.1 Å². The summed E-state index contributed by atoms with van der Waals surface area (Å²) in [6, 6.07) is 10.7. The molecule has 0 fully saturated rings. The van der Waals surface area contributed by atoms with E-state index in [9.17, 15) is 5.11 Å². The van der Waals surface area contributed by atoms with Crippen molar-refractivity contribution in [1.29, 1.82) is 0 Å². The van der Waals surface area contributed by atoms with E-state index in [2.05, 4.69) is 26.1 Å². The van der Waals surface area contributed by atoms with Gasteiger partial charge in [0.15, 0.2) is 0 Å². The van der Waals surface area contributed by atoms with Crippen molar-refractivity contribution in [2.24, 2.45) is 5.16 Å². The molecule has 1 N–H and O–H groups in total. The van der Waals surface area contributed by atoms with Crippen molar-refractivity contribution in [2.75, 3.05) is 0 Å². The number of nitrogens with zero attached hydrogens (tertiary/aromatic N) is 2. The number of pyridine rings is 1. The lowest BCUT2D eigenvalue weighted by atomic mass is 10.1. The van der Waals surface area contributed by atoms with Gasteiger partial charge in [0.05, 0.1) is 5.69 Å². The summed E-state index contributed by atoms with van der Waals surface area (Å²) in [6.07, 6.45) is 1.68. The van der Waals surface area contributed by atoms with Gasteiger partial charge in [0.1, 0.15) is 17.1 Å². The quantitative estimate of drug-likeness (QED) is 0.670. The maximum absolute atomic E-state index is 10.1. The molecule has 2 rings (SSSR count). The van der Waals surface area contributed by atoms with Gasteiger partial charge in [-0.15, -0.1) is 0 Å². The van der Waals surface area contributed by atoms with Crippen LogP contribution in [0.4, 0.5) is 0 Å². The highest BCUT2D eigenvalue weighted by atomic mass is 79.9. The molecule has 0 spiro atoms. The Kier molecular flexibility index (Phi) is 4.63. The van der Waals surface area contributed by atoms with E-state index in [1.807, 2.05) is 39.0 Å². The molecule has 0 atom stereocenters. The highest BCUT2D eigenvalue weighted by Crippen LogP contribution is 2.25. The molecule has 0 radical (unpaired) electrons. The number of phenols is 1. The summed E-state index contributed by atoms with van der Waals surface area (Å²) in [5.41, 5.74) is 1.26. The molecule has 2 aromatic rings. The van der Waals surface area contributed by atoms with Gasteiger partial charge in [0, 0.05) is 16.2 Å². The zero-order valence-corrected chi connectivity index (χ0v) is 13.8.